The van der Waals surface area contributed by atoms with Crippen molar-refractivity contribution in [2.45, 2.75) is 30.8 Å². The molecule has 0 saturated carbocycles. The van der Waals surface area contributed by atoms with Gasteiger partial charge in [-0.05, 0) is 37.0 Å². The van der Waals surface area contributed by atoms with E-state index in [0.717, 1.165) is 11.3 Å². The first-order chi connectivity index (χ1) is 12.1. The molecule has 1 aliphatic rings. The van der Waals surface area contributed by atoms with E-state index in [1.807, 2.05) is 60.3 Å². The van der Waals surface area contributed by atoms with Crippen LogP contribution in [0.5, 0.6) is 0 Å². The molecule has 3 rings (SSSR count). The van der Waals surface area contributed by atoms with E-state index in [9.17, 15) is 9.90 Å². The Morgan fingerprint density at radius 3 is 2.60 bits per heavy atom. The lowest BCUT2D eigenvalue weighted by molar-refractivity contribution is -0.130. The minimum Gasteiger partial charge on any atom is -0.387 e. The molecule has 1 unspecified atom stereocenters. The van der Waals surface area contributed by atoms with E-state index >= 15 is 0 Å². The van der Waals surface area contributed by atoms with Crippen LogP contribution < -0.4 is 5.32 Å². The van der Waals surface area contributed by atoms with Crippen LogP contribution in [0.2, 0.25) is 0 Å². The number of aliphatic hydroxyl groups is 1. The lowest BCUT2D eigenvalue weighted by atomic mass is 9.73. The van der Waals surface area contributed by atoms with Crippen LogP contribution >= 0.6 is 0 Å². The third-order valence-electron chi connectivity index (χ3n) is 5.14. The average Bonchev–Trinajstić information content (AvgIpc) is 3.09. The zero-order chi connectivity index (χ0) is 17.7. The number of hydrogen-bond donors (Lipinski definition) is 2. The third-order valence-corrected chi connectivity index (χ3v) is 5.14. The quantitative estimate of drug-likeness (QED) is 0.847. The number of hydrogen-bond acceptors (Lipinski definition) is 3. The standard InChI is InChI=1S/C20H26N2O3/c1-22-13-5-8-17(22)18(23)9-12-21-19(24)20(10-14-25-15-11-20)16-6-3-2-4-7-16/h2-8,13,18,23H,9-12,14-15H2,1H3,(H,21,24). The Balaban J connectivity index is 1.64. The minimum atomic E-state index is -0.581. The van der Waals surface area contributed by atoms with E-state index in [0.29, 0.717) is 39.0 Å². The first-order valence-electron chi connectivity index (χ1n) is 8.84. The van der Waals surface area contributed by atoms with E-state index < -0.39 is 11.5 Å². The van der Waals surface area contributed by atoms with Crippen LogP contribution in [0.25, 0.3) is 0 Å². The van der Waals surface area contributed by atoms with Crippen molar-refractivity contribution < 1.29 is 14.6 Å². The summed E-state index contributed by atoms with van der Waals surface area (Å²) < 4.78 is 7.38. The average molecular weight is 342 g/mol. The molecule has 2 heterocycles. The maximum absolute atomic E-state index is 13.0. The molecule has 0 aliphatic carbocycles. The Morgan fingerprint density at radius 2 is 1.96 bits per heavy atom. The van der Waals surface area contributed by atoms with Crippen LogP contribution in [0.4, 0.5) is 0 Å². The van der Waals surface area contributed by atoms with Crippen molar-refractivity contribution in [1.29, 1.82) is 0 Å². The van der Waals surface area contributed by atoms with Gasteiger partial charge in [-0.3, -0.25) is 4.79 Å². The highest BCUT2D eigenvalue weighted by Crippen LogP contribution is 2.35. The third kappa shape index (κ3) is 3.78. The number of aromatic nitrogens is 1. The molecule has 1 aromatic heterocycles. The van der Waals surface area contributed by atoms with Crippen LogP contribution in [-0.4, -0.2) is 35.3 Å². The van der Waals surface area contributed by atoms with Gasteiger partial charge >= 0.3 is 0 Å². The molecule has 2 aromatic rings. The molecule has 1 aliphatic heterocycles. The molecule has 1 fully saturated rings. The monoisotopic (exact) mass is 342 g/mol. The van der Waals surface area contributed by atoms with Gasteiger partial charge in [-0.2, -0.15) is 0 Å². The van der Waals surface area contributed by atoms with Gasteiger partial charge in [0.15, 0.2) is 0 Å². The fraction of sp³-hybridized carbons (Fsp3) is 0.450. The van der Waals surface area contributed by atoms with E-state index in [1.165, 1.54) is 0 Å². The van der Waals surface area contributed by atoms with Gasteiger partial charge in [-0.25, -0.2) is 0 Å². The number of carbonyl (C=O) groups is 1. The Labute approximate surface area is 148 Å². The number of ether oxygens (including phenoxy) is 1. The maximum atomic E-state index is 13.0. The van der Waals surface area contributed by atoms with Crippen LogP contribution in [0.1, 0.15) is 36.6 Å². The van der Waals surface area contributed by atoms with Gasteiger partial charge in [0.2, 0.25) is 5.91 Å². The molecule has 1 saturated heterocycles. The van der Waals surface area contributed by atoms with Crippen molar-refractivity contribution in [2.24, 2.45) is 7.05 Å². The van der Waals surface area contributed by atoms with Gasteiger partial charge in [0.25, 0.3) is 0 Å². The van der Waals surface area contributed by atoms with Crippen molar-refractivity contribution in [3.8, 4) is 0 Å². The van der Waals surface area contributed by atoms with Gasteiger partial charge in [-0.15, -0.1) is 0 Å². The fourth-order valence-corrected chi connectivity index (χ4v) is 3.58. The Hall–Kier alpha value is -2.11. The molecule has 134 valence electrons. The number of nitrogens with one attached hydrogen (secondary N) is 1. The summed E-state index contributed by atoms with van der Waals surface area (Å²) >= 11 is 0. The molecular weight excluding hydrogens is 316 g/mol. The van der Waals surface area contributed by atoms with Crippen molar-refractivity contribution in [1.82, 2.24) is 9.88 Å². The first-order valence-corrected chi connectivity index (χ1v) is 8.84. The highest BCUT2D eigenvalue weighted by molar-refractivity contribution is 5.88. The summed E-state index contributed by atoms with van der Waals surface area (Å²) in [5, 5.41) is 13.3. The van der Waals surface area contributed by atoms with Crippen molar-refractivity contribution in [3.63, 3.8) is 0 Å². The summed E-state index contributed by atoms with van der Waals surface area (Å²) in [7, 11) is 1.91. The highest BCUT2D eigenvalue weighted by atomic mass is 16.5. The van der Waals surface area contributed by atoms with E-state index in [-0.39, 0.29) is 5.91 Å². The van der Waals surface area contributed by atoms with Gasteiger partial charge in [-0.1, -0.05) is 30.3 Å². The number of aryl methyl sites for hydroxylation is 1. The maximum Gasteiger partial charge on any atom is 0.230 e. The lowest BCUT2D eigenvalue weighted by Gasteiger charge is -2.36. The summed E-state index contributed by atoms with van der Waals surface area (Å²) in [6.07, 6.45) is 3.18. The number of amides is 1. The second-order valence-electron chi connectivity index (χ2n) is 6.66. The Bertz CT molecular complexity index is 690. The number of benzene rings is 1. The van der Waals surface area contributed by atoms with Crippen molar-refractivity contribution in [3.05, 3.63) is 59.9 Å². The van der Waals surface area contributed by atoms with Gasteiger partial charge in [0, 0.05) is 38.7 Å². The molecule has 25 heavy (non-hydrogen) atoms. The summed E-state index contributed by atoms with van der Waals surface area (Å²) in [5.41, 5.74) is 1.37. The van der Waals surface area contributed by atoms with E-state index in [1.54, 1.807) is 0 Å². The van der Waals surface area contributed by atoms with Gasteiger partial charge < -0.3 is 19.7 Å². The topological polar surface area (TPSA) is 63.5 Å². The molecule has 0 bridgehead atoms. The summed E-state index contributed by atoms with van der Waals surface area (Å²) in [6, 6.07) is 13.7. The van der Waals surface area contributed by atoms with Gasteiger partial charge in [0.05, 0.1) is 11.5 Å². The van der Waals surface area contributed by atoms with E-state index in [4.69, 9.17) is 4.74 Å². The van der Waals surface area contributed by atoms with Crippen molar-refractivity contribution in [2.75, 3.05) is 19.8 Å². The Morgan fingerprint density at radius 1 is 1.24 bits per heavy atom. The molecular formula is C20H26N2O3. The zero-order valence-corrected chi connectivity index (χ0v) is 14.6. The number of carbonyl (C=O) groups excluding carboxylic acids is 1. The second kappa shape index (κ2) is 7.85. The van der Waals surface area contributed by atoms with Crippen LogP contribution in [0.15, 0.2) is 48.7 Å². The molecule has 1 atom stereocenters. The molecule has 5 nitrogen and oxygen atoms in total. The largest absolute Gasteiger partial charge is 0.387 e. The molecule has 2 N–H and O–H groups in total. The first kappa shape index (κ1) is 17.7. The molecule has 1 aromatic carbocycles. The molecule has 1 amide bonds. The molecule has 5 heteroatoms. The predicted molar refractivity (Wildman–Crippen MR) is 96.2 cm³/mol. The lowest BCUT2D eigenvalue weighted by Crippen LogP contribution is -2.48. The van der Waals surface area contributed by atoms with Gasteiger partial charge in [0.1, 0.15) is 0 Å². The number of aliphatic hydroxyl groups excluding tert-OH is 1. The van der Waals surface area contributed by atoms with Crippen molar-refractivity contribution >= 4 is 5.91 Å². The Kier molecular flexibility index (Phi) is 5.56. The van der Waals surface area contributed by atoms with Crippen LogP contribution in [-0.2, 0) is 22.0 Å². The summed E-state index contributed by atoms with van der Waals surface area (Å²) in [4.78, 5) is 13.0. The fourth-order valence-electron chi connectivity index (χ4n) is 3.58. The number of rotatable bonds is 6. The predicted octanol–water partition coefficient (Wildman–Crippen LogP) is 2.31. The molecule has 0 radical (unpaired) electrons. The number of nitrogens with zero attached hydrogens (tertiary/aromatic N) is 1. The SMILES string of the molecule is Cn1cccc1C(O)CCNC(=O)C1(c2ccccc2)CCOCC1. The second-order valence-corrected chi connectivity index (χ2v) is 6.66. The summed E-state index contributed by atoms with van der Waals surface area (Å²) in [6.45, 7) is 1.63. The normalized spacial score (nSPS) is 17.8. The van der Waals surface area contributed by atoms with E-state index in [2.05, 4.69) is 5.32 Å². The van der Waals surface area contributed by atoms with Crippen LogP contribution in [0, 0.1) is 0 Å². The summed E-state index contributed by atoms with van der Waals surface area (Å²) in [5.74, 6) is 0.0288. The smallest absolute Gasteiger partial charge is 0.230 e. The molecule has 0 spiro atoms. The highest BCUT2D eigenvalue weighted by Gasteiger charge is 2.41. The van der Waals surface area contributed by atoms with Crippen LogP contribution in [0.3, 0.4) is 0 Å². The minimum absolute atomic E-state index is 0.0288. The zero-order valence-electron chi connectivity index (χ0n) is 14.6.